The molecule has 0 radical (unpaired) electrons. The smallest absolute Gasteiger partial charge is 0.126 e. The Morgan fingerprint density at radius 2 is 1.70 bits per heavy atom. The molecule has 0 amide bonds. The summed E-state index contributed by atoms with van der Waals surface area (Å²) >= 11 is 3.46. The standard InChI is InChI=1S/C16H15BrF2O/c1-9-5-12(6-10(2)16(9)17)15(20)8-11-7-13(18)3-4-14(11)19/h3-7,15,20H,8H2,1-2H3. The van der Waals surface area contributed by atoms with E-state index in [0.29, 0.717) is 5.56 Å². The molecule has 1 nitrogen and oxygen atoms in total. The molecule has 0 saturated carbocycles. The van der Waals surface area contributed by atoms with E-state index in [9.17, 15) is 13.9 Å². The SMILES string of the molecule is Cc1cc(C(O)Cc2cc(F)ccc2F)cc(C)c1Br. The lowest BCUT2D eigenvalue weighted by molar-refractivity contribution is 0.177. The summed E-state index contributed by atoms with van der Waals surface area (Å²) in [5.74, 6) is -1.01. The third kappa shape index (κ3) is 3.25. The van der Waals surface area contributed by atoms with Gasteiger partial charge < -0.3 is 5.11 Å². The van der Waals surface area contributed by atoms with Gasteiger partial charge in [0.1, 0.15) is 11.6 Å². The van der Waals surface area contributed by atoms with E-state index in [1.54, 1.807) is 0 Å². The van der Waals surface area contributed by atoms with Crippen molar-refractivity contribution in [3.63, 3.8) is 0 Å². The summed E-state index contributed by atoms with van der Waals surface area (Å²) in [6.45, 7) is 3.85. The van der Waals surface area contributed by atoms with Gasteiger partial charge >= 0.3 is 0 Å². The van der Waals surface area contributed by atoms with Crippen molar-refractivity contribution < 1.29 is 13.9 Å². The highest BCUT2D eigenvalue weighted by Gasteiger charge is 2.14. The summed E-state index contributed by atoms with van der Waals surface area (Å²) in [4.78, 5) is 0. The van der Waals surface area contributed by atoms with Crippen molar-refractivity contribution in [3.05, 3.63) is 68.7 Å². The molecule has 0 saturated heterocycles. The molecule has 0 bridgehead atoms. The fourth-order valence-electron chi connectivity index (χ4n) is 2.20. The highest BCUT2D eigenvalue weighted by Crippen LogP contribution is 2.27. The molecule has 0 heterocycles. The number of hydrogen-bond acceptors (Lipinski definition) is 1. The normalized spacial score (nSPS) is 12.5. The second kappa shape index (κ2) is 6.02. The van der Waals surface area contributed by atoms with Crippen molar-refractivity contribution in [2.24, 2.45) is 0 Å². The second-order valence-electron chi connectivity index (χ2n) is 4.92. The summed E-state index contributed by atoms with van der Waals surface area (Å²) in [5, 5.41) is 10.2. The predicted octanol–water partition coefficient (Wildman–Crippen LogP) is 4.62. The first-order chi connectivity index (χ1) is 9.38. The molecule has 0 aliphatic rings. The van der Waals surface area contributed by atoms with Crippen molar-refractivity contribution in [3.8, 4) is 0 Å². The summed E-state index contributed by atoms with van der Waals surface area (Å²) in [5.41, 5.74) is 2.88. The average molecular weight is 341 g/mol. The van der Waals surface area contributed by atoms with Gasteiger partial charge in [0.15, 0.2) is 0 Å². The molecule has 0 fully saturated rings. The number of rotatable bonds is 3. The number of hydrogen-bond donors (Lipinski definition) is 1. The van der Waals surface area contributed by atoms with E-state index >= 15 is 0 Å². The molecule has 106 valence electrons. The first kappa shape index (κ1) is 15.1. The minimum absolute atomic E-state index is 0.0457. The van der Waals surface area contributed by atoms with E-state index in [-0.39, 0.29) is 12.0 Å². The number of halogens is 3. The van der Waals surface area contributed by atoms with Crippen LogP contribution in [-0.2, 0) is 6.42 Å². The maximum Gasteiger partial charge on any atom is 0.126 e. The van der Waals surface area contributed by atoms with Crippen LogP contribution in [0, 0.1) is 25.5 Å². The Labute approximate surface area is 125 Å². The topological polar surface area (TPSA) is 20.2 Å². The Hall–Kier alpha value is -1.26. The molecule has 4 heteroatoms. The van der Waals surface area contributed by atoms with Gasteiger partial charge in [-0.05, 0) is 54.3 Å². The Kier molecular flexibility index (Phi) is 4.55. The highest BCUT2D eigenvalue weighted by molar-refractivity contribution is 9.10. The Morgan fingerprint density at radius 1 is 1.10 bits per heavy atom. The van der Waals surface area contributed by atoms with Crippen LogP contribution in [0.15, 0.2) is 34.8 Å². The Balaban J connectivity index is 2.28. The van der Waals surface area contributed by atoms with Crippen molar-refractivity contribution in [1.29, 1.82) is 0 Å². The zero-order chi connectivity index (χ0) is 14.9. The van der Waals surface area contributed by atoms with E-state index in [2.05, 4.69) is 15.9 Å². The summed E-state index contributed by atoms with van der Waals surface area (Å²) in [7, 11) is 0. The highest BCUT2D eigenvalue weighted by atomic mass is 79.9. The van der Waals surface area contributed by atoms with E-state index in [4.69, 9.17) is 0 Å². The van der Waals surface area contributed by atoms with Crippen LogP contribution in [0.2, 0.25) is 0 Å². The van der Waals surface area contributed by atoms with Gasteiger partial charge in [-0.2, -0.15) is 0 Å². The van der Waals surface area contributed by atoms with Gasteiger partial charge in [0, 0.05) is 10.9 Å². The quantitative estimate of drug-likeness (QED) is 0.864. The van der Waals surface area contributed by atoms with Crippen LogP contribution in [-0.4, -0.2) is 5.11 Å². The lowest BCUT2D eigenvalue weighted by Crippen LogP contribution is -2.05. The molecule has 1 N–H and O–H groups in total. The third-order valence-electron chi connectivity index (χ3n) is 3.26. The van der Waals surface area contributed by atoms with Crippen LogP contribution in [0.25, 0.3) is 0 Å². The van der Waals surface area contributed by atoms with Crippen molar-refractivity contribution in [2.45, 2.75) is 26.4 Å². The van der Waals surface area contributed by atoms with Gasteiger partial charge in [0.2, 0.25) is 0 Å². The molecule has 2 aromatic rings. The molecule has 0 spiro atoms. The fourth-order valence-corrected chi connectivity index (χ4v) is 2.43. The van der Waals surface area contributed by atoms with Crippen LogP contribution >= 0.6 is 15.9 Å². The first-order valence-electron chi connectivity index (χ1n) is 6.27. The van der Waals surface area contributed by atoms with Gasteiger partial charge in [0.25, 0.3) is 0 Å². The van der Waals surface area contributed by atoms with Gasteiger partial charge in [-0.1, -0.05) is 28.1 Å². The number of aliphatic hydroxyl groups is 1. The molecular formula is C16H15BrF2O. The number of aliphatic hydroxyl groups excluding tert-OH is 1. The number of benzene rings is 2. The molecule has 0 aromatic heterocycles. The summed E-state index contributed by atoms with van der Waals surface area (Å²) in [6.07, 6.45) is -0.818. The summed E-state index contributed by atoms with van der Waals surface area (Å²) in [6, 6.07) is 6.96. The lowest BCUT2D eigenvalue weighted by atomic mass is 9.98. The molecule has 1 atom stereocenters. The minimum atomic E-state index is -0.864. The zero-order valence-corrected chi connectivity index (χ0v) is 12.8. The third-order valence-corrected chi connectivity index (χ3v) is 4.52. The Bertz CT molecular complexity index is 617. The van der Waals surface area contributed by atoms with Gasteiger partial charge in [-0.3, -0.25) is 0 Å². The Morgan fingerprint density at radius 3 is 2.30 bits per heavy atom. The molecule has 0 aliphatic heterocycles. The molecule has 2 aromatic carbocycles. The molecule has 0 aliphatic carbocycles. The fraction of sp³-hybridized carbons (Fsp3) is 0.250. The average Bonchev–Trinajstić information content (AvgIpc) is 2.39. The minimum Gasteiger partial charge on any atom is -0.388 e. The number of aryl methyl sites for hydroxylation is 2. The van der Waals surface area contributed by atoms with E-state index in [1.165, 1.54) is 0 Å². The van der Waals surface area contributed by atoms with Crippen molar-refractivity contribution in [2.75, 3.05) is 0 Å². The molecule has 2 rings (SSSR count). The van der Waals surface area contributed by atoms with Crippen molar-refractivity contribution >= 4 is 15.9 Å². The van der Waals surface area contributed by atoms with E-state index in [1.807, 2.05) is 26.0 Å². The molecule has 20 heavy (non-hydrogen) atoms. The second-order valence-corrected chi connectivity index (χ2v) is 5.72. The van der Waals surface area contributed by atoms with E-state index < -0.39 is 17.7 Å². The first-order valence-corrected chi connectivity index (χ1v) is 7.06. The van der Waals surface area contributed by atoms with E-state index in [0.717, 1.165) is 33.8 Å². The van der Waals surface area contributed by atoms with Gasteiger partial charge in [0.05, 0.1) is 6.10 Å². The van der Waals surface area contributed by atoms with Crippen LogP contribution in [0.4, 0.5) is 8.78 Å². The largest absolute Gasteiger partial charge is 0.388 e. The van der Waals surface area contributed by atoms with Crippen LogP contribution in [0.5, 0.6) is 0 Å². The van der Waals surface area contributed by atoms with Crippen LogP contribution in [0.1, 0.15) is 28.4 Å². The maximum absolute atomic E-state index is 13.6. The maximum atomic E-state index is 13.6. The monoisotopic (exact) mass is 340 g/mol. The lowest BCUT2D eigenvalue weighted by Gasteiger charge is -2.15. The predicted molar refractivity (Wildman–Crippen MR) is 78.6 cm³/mol. The zero-order valence-electron chi connectivity index (χ0n) is 11.3. The summed E-state index contributed by atoms with van der Waals surface area (Å²) < 4.78 is 27.7. The molecule has 1 unspecified atom stereocenters. The van der Waals surface area contributed by atoms with Crippen LogP contribution < -0.4 is 0 Å². The van der Waals surface area contributed by atoms with Gasteiger partial charge in [-0.25, -0.2) is 8.78 Å². The van der Waals surface area contributed by atoms with Crippen molar-refractivity contribution in [1.82, 2.24) is 0 Å². The van der Waals surface area contributed by atoms with Crippen LogP contribution in [0.3, 0.4) is 0 Å². The van der Waals surface area contributed by atoms with Gasteiger partial charge in [-0.15, -0.1) is 0 Å². The molecular weight excluding hydrogens is 326 g/mol.